The van der Waals surface area contributed by atoms with E-state index in [9.17, 15) is 28.2 Å². The van der Waals surface area contributed by atoms with Gasteiger partial charge in [-0.2, -0.15) is 0 Å². The van der Waals surface area contributed by atoms with Crippen LogP contribution in [-0.2, 0) is 32.7 Å². The summed E-state index contributed by atoms with van der Waals surface area (Å²) in [6, 6.07) is 23.7. The molecular formula is C54H74N4O6S. The van der Waals surface area contributed by atoms with Crippen LogP contribution in [0.15, 0.2) is 113 Å². The van der Waals surface area contributed by atoms with E-state index < -0.39 is 27.3 Å². The van der Waals surface area contributed by atoms with E-state index in [1.54, 1.807) is 12.1 Å². The molecule has 0 unspecified atom stereocenters. The smallest absolute Gasteiger partial charge is 0.232 e. The van der Waals surface area contributed by atoms with Gasteiger partial charge in [-0.25, -0.2) is 8.42 Å². The number of rotatable bonds is 30. The van der Waals surface area contributed by atoms with Gasteiger partial charge in [-0.05, 0) is 49.0 Å². The lowest BCUT2D eigenvalue weighted by atomic mass is 9.77. The predicted molar refractivity (Wildman–Crippen MR) is 267 cm³/mol. The first kappa shape index (κ1) is 50.7. The van der Waals surface area contributed by atoms with Crippen LogP contribution in [0.25, 0.3) is 5.57 Å². The van der Waals surface area contributed by atoms with Crippen LogP contribution in [0.1, 0.15) is 147 Å². The molecule has 0 radical (unpaired) electrons. The SMILES string of the molecule is CCCCCCCCN(Cc1ccccc1)C1=CC(=O)C(=C2C(=O)C(c3c(O)cc(N(CCCCCCCC)Cc4ccccc4)cc3NCCCC)=C2O)C(NS(=O)(=O)CCCC)=C1. The highest BCUT2D eigenvalue weighted by Crippen LogP contribution is 2.47. The summed E-state index contributed by atoms with van der Waals surface area (Å²) in [5.74, 6) is -2.05. The molecule has 0 aliphatic heterocycles. The van der Waals surface area contributed by atoms with Crippen molar-refractivity contribution in [1.29, 1.82) is 0 Å². The number of hydrogen-bond acceptors (Lipinski definition) is 9. The quantitative estimate of drug-likeness (QED) is 0.0380. The van der Waals surface area contributed by atoms with E-state index in [1.165, 1.54) is 31.8 Å². The van der Waals surface area contributed by atoms with Crippen LogP contribution in [0.3, 0.4) is 0 Å². The highest BCUT2D eigenvalue weighted by molar-refractivity contribution is 7.89. The summed E-state index contributed by atoms with van der Waals surface area (Å²) in [5.41, 5.74) is 3.46. The summed E-state index contributed by atoms with van der Waals surface area (Å²) in [6.45, 7) is 11.5. The number of allylic oxidation sites excluding steroid dienone is 5. The molecule has 2 aliphatic carbocycles. The molecule has 0 saturated heterocycles. The normalized spacial score (nSPS) is 15.1. The molecule has 3 aromatic rings. The Bertz CT molecular complexity index is 2270. The minimum Gasteiger partial charge on any atom is -0.507 e. The van der Waals surface area contributed by atoms with Gasteiger partial charge in [0.25, 0.3) is 0 Å². The molecule has 0 amide bonds. The Morgan fingerprint density at radius 1 is 0.585 bits per heavy atom. The minimum atomic E-state index is -3.94. The molecule has 4 N–H and O–H groups in total. The first-order valence-corrected chi connectivity index (χ1v) is 26.1. The molecule has 10 nitrogen and oxygen atoms in total. The molecule has 11 heteroatoms. The molecule has 352 valence electrons. The van der Waals surface area contributed by atoms with E-state index in [-0.39, 0.29) is 39.5 Å². The number of aliphatic hydroxyl groups excluding tert-OH is 1. The Balaban J connectivity index is 1.56. The molecule has 0 bridgehead atoms. The van der Waals surface area contributed by atoms with Crippen molar-refractivity contribution >= 4 is 38.5 Å². The molecule has 0 heterocycles. The van der Waals surface area contributed by atoms with Gasteiger partial charge in [-0.3, -0.25) is 14.3 Å². The highest BCUT2D eigenvalue weighted by atomic mass is 32.2. The van der Waals surface area contributed by atoms with Gasteiger partial charge in [0, 0.05) is 61.9 Å². The first-order valence-electron chi connectivity index (χ1n) is 24.4. The number of sulfonamides is 1. The van der Waals surface area contributed by atoms with Gasteiger partial charge in [0.15, 0.2) is 5.78 Å². The van der Waals surface area contributed by atoms with Gasteiger partial charge in [-0.15, -0.1) is 0 Å². The zero-order valence-corrected chi connectivity index (χ0v) is 40.3. The number of aromatic hydroxyl groups is 1. The second-order valence-corrected chi connectivity index (χ2v) is 19.4. The van der Waals surface area contributed by atoms with Gasteiger partial charge in [0.2, 0.25) is 15.8 Å². The van der Waals surface area contributed by atoms with Crippen LogP contribution in [0.5, 0.6) is 5.75 Å². The lowest BCUT2D eigenvalue weighted by molar-refractivity contribution is -0.114. The Labute approximate surface area is 389 Å². The van der Waals surface area contributed by atoms with Gasteiger partial charge in [-0.1, -0.05) is 165 Å². The summed E-state index contributed by atoms with van der Waals surface area (Å²) in [4.78, 5) is 33.3. The molecular weight excluding hydrogens is 833 g/mol. The van der Waals surface area contributed by atoms with E-state index in [0.717, 1.165) is 87.6 Å². The molecule has 0 aromatic heterocycles. The Morgan fingerprint density at radius 2 is 1.12 bits per heavy atom. The number of unbranched alkanes of at least 4 members (excludes halogenated alkanes) is 12. The van der Waals surface area contributed by atoms with Crippen LogP contribution in [-0.4, -0.2) is 60.5 Å². The zero-order chi connectivity index (χ0) is 46.6. The maximum atomic E-state index is 14.5. The standard InChI is InChI=1S/C54H74N4O6S/c1-5-9-13-15-17-25-32-57(39-41-27-21-19-22-28-41)43-35-45(55-31-11-7-3)49(47(59)37-43)51-53(61)52(54(51)62)50-46(56-65(63,64)34-12-8-4)36-44(38-48(50)60)58(33-26-18-16-14-10-6-2)40-42-29-23-20-24-30-42/h19-24,27-30,35-38,55-56,59,61H,5-18,25-26,31-34,39-40H2,1-4H3. The van der Waals surface area contributed by atoms with Crippen molar-refractivity contribution in [2.75, 3.05) is 35.6 Å². The average molecular weight is 907 g/mol. The van der Waals surface area contributed by atoms with Gasteiger partial charge >= 0.3 is 0 Å². The molecule has 3 aromatic carbocycles. The maximum absolute atomic E-state index is 14.5. The molecule has 2 aliphatic rings. The van der Waals surface area contributed by atoms with Gasteiger partial charge < -0.3 is 25.3 Å². The van der Waals surface area contributed by atoms with E-state index >= 15 is 0 Å². The Morgan fingerprint density at radius 3 is 1.69 bits per heavy atom. The van der Waals surface area contributed by atoms with Crippen molar-refractivity contribution in [2.24, 2.45) is 0 Å². The van der Waals surface area contributed by atoms with Crippen LogP contribution in [0.2, 0.25) is 0 Å². The number of Topliss-reactive ketones (excluding diaryl/α,β-unsaturated/α-hetero) is 1. The number of anilines is 2. The molecule has 0 saturated carbocycles. The minimum absolute atomic E-state index is 0.0503. The van der Waals surface area contributed by atoms with Crippen molar-refractivity contribution in [1.82, 2.24) is 9.62 Å². The van der Waals surface area contributed by atoms with Gasteiger partial charge in [0.1, 0.15) is 11.5 Å². The fourth-order valence-corrected chi connectivity index (χ4v) is 9.78. The molecule has 0 atom stereocenters. The van der Waals surface area contributed by atoms with Crippen molar-refractivity contribution in [3.8, 4) is 5.75 Å². The predicted octanol–water partition coefficient (Wildman–Crippen LogP) is 12.1. The summed E-state index contributed by atoms with van der Waals surface area (Å²) in [5, 5.41) is 27.3. The average Bonchev–Trinajstić information content (AvgIpc) is 3.29. The van der Waals surface area contributed by atoms with Crippen molar-refractivity contribution in [2.45, 2.75) is 144 Å². The van der Waals surface area contributed by atoms with Gasteiger partial charge in [0.05, 0.1) is 33.7 Å². The fourth-order valence-electron chi connectivity index (χ4n) is 8.51. The van der Waals surface area contributed by atoms with Crippen LogP contribution >= 0.6 is 0 Å². The van der Waals surface area contributed by atoms with Crippen molar-refractivity contribution < 1.29 is 28.2 Å². The zero-order valence-electron chi connectivity index (χ0n) is 39.5. The third-order valence-electron chi connectivity index (χ3n) is 12.2. The van der Waals surface area contributed by atoms with Crippen LogP contribution in [0, 0.1) is 0 Å². The number of phenolic OH excluding ortho intramolecular Hbond substituents is 1. The lowest BCUT2D eigenvalue weighted by Crippen LogP contribution is -2.35. The number of nitrogens with one attached hydrogen (secondary N) is 2. The maximum Gasteiger partial charge on any atom is 0.232 e. The number of aliphatic hydroxyl groups is 1. The Kier molecular flexibility index (Phi) is 20.3. The largest absolute Gasteiger partial charge is 0.507 e. The summed E-state index contributed by atoms with van der Waals surface area (Å²) >= 11 is 0. The van der Waals surface area contributed by atoms with Crippen LogP contribution in [0.4, 0.5) is 11.4 Å². The van der Waals surface area contributed by atoms with E-state index in [2.05, 4.69) is 52.7 Å². The number of hydrogen-bond donors (Lipinski definition) is 4. The highest BCUT2D eigenvalue weighted by Gasteiger charge is 2.43. The van der Waals surface area contributed by atoms with E-state index in [1.807, 2.05) is 61.5 Å². The first-order chi connectivity index (χ1) is 31.5. The summed E-state index contributed by atoms with van der Waals surface area (Å²) in [6.07, 6.45) is 19.2. The van der Waals surface area contributed by atoms with E-state index in [0.29, 0.717) is 50.4 Å². The monoisotopic (exact) mass is 907 g/mol. The number of nitrogens with zero attached hydrogens (tertiary/aromatic N) is 2. The van der Waals surface area contributed by atoms with E-state index in [4.69, 9.17) is 0 Å². The van der Waals surface area contributed by atoms with Crippen LogP contribution < -0.4 is 14.9 Å². The Hall–Kier alpha value is -5.29. The number of ketones is 2. The molecule has 5 rings (SSSR count). The number of benzene rings is 3. The summed E-state index contributed by atoms with van der Waals surface area (Å²) < 4.78 is 29.8. The second-order valence-electron chi connectivity index (χ2n) is 17.6. The third-order valence-corrected chi connectivity index (χ3v) is 13.6. The number of carbonyl (C=O) groups is 2. The van der Waals surface area contributed by atoms with Crippen molar-refractivity contribution in [3.63, 3.8) is 0 Å². The third kappa shape index (κ3) is 14.6. The fraction of sp³-hybridized carbons (Fsp3) is 0.481. The van der Waals surface area contributed by atoms with Crippen molar-refractivity contribution in [3.05, 3.63) is 130 Å². The number of carbonyl (C=O) groups excluding carboxylic acids is 2. The number of phenols is 1. The topological polar surface area (TPSA) is 139 Å². The molecule has 0 fully saturated rings. The summed E-state index contributed by atoms with van der Waals surface area (Å²) in [7, 11) is -3.94. The second kappa shape index (κ2) is 26.0. The lowest BCUT2D eigenvalue weighted by Gasteiger charge is -2.32. The molecule has 0 spiro atoms. The molecule has 65 heavy (non-hydrogen) atoms.